The Balaban J connectivity index is 1.98. The molecule has 2 aromatic rings. The number of aromatic nitrogens is 2. The standard InChI is InChI=1S/C11H12N2O3/c14-10(15)4-2-8-16-9-3-1-6-13-7-5-12-11(9)13/h1,3,5-7H,2,4,8H2,(H,14,15). The van der Waals surface area contributed by atoms with E-state index in [0.29, 0.717) is 18.8 Å². The summed E-state index contributed by atoms with van der Waals surface area (Å²) in [7, 11) is 0. The number of hydrogen-bond donors (Lipinski definition) is 1. The Kier molecular flexibility index (Phi) is 3.05. The third-order valence-corrected chi connectivity index (χ3v) is 2.18. The van der Waals surface area contributed by atoms with Gasteiger partial charge in [0.25, 0.3) is 0 Å². The Hall–Kier alpha value is -2.04. The van der Waals surface area contributed by atoms with Crippen molar-refractivity contribution < 1.29 is 14.6 Å². The second-order valence-corrected chi connectivity index (χ2v) is 3.38. The molecule has 0 aliphatic rings. The molecule has 0 radical (unpaired) electrons. The number of carbonyl (C=O) groups is 1. The van der Waals surface area contributed by atoms with E-state index in [4.69, 9.17) is 9.84 Å². The van der Waals surface area contributed by atoms with Crippen molar-refractivity contribution in [2.75, 3.05) is 6.61 Å². The lowest BCUT2D eigenvalue weighted by Gasteiger charge is -2.05. The van der Waals surface area contributed by atoms with Crippen LogP contribution in [0.15, 0.2) is 30.7 Å². The van der Waals surface area contributed by atoms with Gasteiger partial charge in [0.05, 0.1) is 6.61 Å². The van der Waals surface area contributed by atoms with Crippen LogP contribution in [0.2, 0.25) is 0 Å². The molecule has 0 fully saturated rings. The van der Waals surface area contributed by atoms with Crippen LogP contribution in [0, 0.1) is 0 Å². The van der Waals surface area contributed by atoms with Crippen LogP contribution in [0.1, 0.15) is 12.8 Å². The van der Waals surface area contributed by atoms with Gasteiger partial charge in [-0.15, -0.1) is 0 Å². The largest absolute Gasteiger partial charge is 0.490 e. The molecular formula is C11H12N2O3. The van der Waals surface area contributed by atoms with Crippen LogP contribution in [0.25, 0.3) is 5.65 Å². The summed E-state index contributed by atoms with van der Waals surface area (Å²) in [5.41, 5.74) is 0.748. The maximum atomic E-state index is 10.3. The van der Waals surface area contributed by atoms with E-state index in [1.165, 1.54) is 0 Å². The van der Waals surface area contributed by atoms with E-state index in [1.807, 2.05) is 28.9 Å². The highest BCUT2D eigenvalue weighted by molar-refractivity contribution is 5.66. The van der Waals surface area contributed by atoms with Crippen LogP contribution in [0.5, 0.6) is 5.75 Å². The topological polar surface area (TPSA) is 63.8 Å². The van der Waals surface area contributed by atoms with Crippen LogP contribution in [0.3, 0.4) is 0 Å². The highest BCUT2D eigenvalue weighted by Gasteiger charge is 2.03. The molecule has 0 spiro atoms. The monoisotopic (exact) mass is 220 g/mol. The van der Waals surface area contributed by atoms with Crippen molar-refractivity contribution in [3.63, 3.8) is 0 Å². The van der Waals surface area contributed by atoms with E-state index in [9.17, 15) is 4.79 Å². The summed E-state index contributed by atoms with van der Waals surface area (Å²) in [5, 5.41) is 8.48. The lowest BCUT2D eigenvalue weighted by molar-refractivity contribution is -0.137. The quantitative estimate of drug-likeness (QED) is 0.777. The van der Waals surface area contributed by atoms with Gasteiger partial charge in [0.15, 0.2) is 11.4 Å². The summed E-state index contributed by atoms with van der Waals surface area (Å²) in [6.45, 7) is 0.388. The molecule has 2 heterocycles. The summed E-state index contributed by atoms with van der Waals surface area (Å²) in [6.07, 6.45) is 6.03. The van der Waals surface area contributed by atoms with Crippen LogP contribution in [0.4, 0.5) is 0 Å². The number of carboxylic acid groups (broad SMARTS) is 1. The van der Waals surface area contributed by atoms with Gasteiger partial charge in [0.2, 0.25) is 0 Å². The summed E-state index contributed by atoms with van der Waals surface area (Å²) in [6, 6.07) is 3.68. The molecule has 16 heavy (non-hydrogen) atoms. The molecule has 0 saturated carbocycles. The molecule has 0 unspecified atom stereocenters. The fourth-order valence-electron chi connectivity index (χ4n) is 1.44. The fraction of sp³-hybridized carbons (Fsp3) is 0.273. The zero-order valence-electron chi connectivity index (χ0n) is 8.67. The smallest absolute Gasteiger partial charge is 0.303 e. The van der Waals surface area contributed by atoms with Gasteiger partial charge in [0, 0.05) is 25.0 Å². The van der Waals surface area contributed by atoms with Crippen molar-refractivity contribution >= 4 is 11.6 Å². The molecule has 2 rings (SSSR count). The number of ether oxygens (including phenoxy) is 1. The molecule has 5 heteroatoms. The summed E-state index contributed by atoms with van der Waals surface area (Å²) < 4.78 is 7.34. The molecule has 0 aliphatic heterocycles. The van der Waals surface area contributed by atoms with Crippen LogP contribution in [-0.2, 0) is 4.79 Å². The van der Waals surface area contributed by atoms with Crippen LogP contribution >= 0.6 is 0 Å². The highest BCUT2D eigenvalue weighted by Crippen LogP contribution is 2.17. The van der Waals surface area contributed by atoms with Crippen LogP contribution < -0.4 is 4.74 Å². The minimum Gasteiger partial charge on any atom is -0.490 e. The maximum Gasteiger partial charge on any atom is 0.303 e. The van der Waals surface area contributed by atoms with E-state index in [1.54, 1.807) is 6.20 Å². The van der Waals surface area contributed by atoms with E-state index in [-0.39, 0.29) is 6.42 Å². The second-order valence-electron chi connectivity index (χ2n) is 3.38. The number of aliphatic carboxylic acids is 1. The predicted molar refractivity (Wildman–Crippen MR) is 57.6 cm³/mol. The number of rotatable bonds is 5. The van der Waals surface area contributed by atoms with Gasteiger partial charge < -0.3 is 14.2 Å². The molecule has 0 amide bonds. The van der Waals surface area contributed by atoms with Crippen molar-refractivity contribution in [3.05, 3.63) is 30.7 Å². The second kappa shape index (κ2) is 4.65. The molecule has 0 aliphatic carbocycles. The van der Waals surface area contributed by atoms with Gasteiger partial charge in [-0.25, -0.2) is 4.98 Å². The van der Waals surface area contributed by atoms with Crippen molar-refractivity contribution in [1.29, 1.82) is 0 Å². The molecule has 0 saturated heterocycles. The van der Waals surface area contributed by atoms with Crippen LogP contribution in [-0.4, -0.2) is 27.1 Å². The summed E-state index contributed by atoms with van der Waals surface area (Å²) in [4.78, 5) is 14.5. The summed E-state index contributed by atoms with van der Waals surface area (Å²) in [5.74, 6) is -0.125. The predicted octanol–water partition coefficient (Wildman–Crippen LogP) is 1.58. The fourth-order valence-corrected chi connectivity index (χ4v) is 1.44. The molecule has 1 N–H and O–H groups in total. The first-order valence-corrected chi connectivity index (χ1v) is 5.03. The van der Waals surface area contributed by atoms with Crippen molar-refractivity contribution in [3.8, 4) is 5.75 Å². The number of fused-ring (bicyclic) bond motifs is 1. The zero-order chi connectivity index (χ0) is 11.4. The summed E-state index contributed by atoms with van der Waals surface area (Å²) >= 11 is 0. The molecule has 0 aromatic carbocycles. The van der Waals surface area contributed by atoms with Gasteiger partial charge in [-0.3, -0.25) is 4.79 Å². The Morgan fingerprint density at radius 3 is 3.19 bits per heavy atom. The highest BCUT2D eigenvalue weighted by atomic mass is 16.5. The molecular weight excluding hydrogens is 208 g/mol. The average molecular weight is 220 g/mol. The maximum absolute atomic E-state index is 10.3. The van der Waals surface area contributed by atoms with Gasteiger partial charge in [-0.05, 0) is 18.6 Å². The van der Waals surface area contributed by atoms with Crippen molar-refractivity contribution in [1.82, 2.24) is 9.38 Å². The number of imidazole rings is 1. The third-order valence-electron chi connectivity index (χ3n) is 2.18. The Morgan fingerprint density at radius 1 is 1.50 bits per heavy atom. The zero-order valence-corrected chi connectivity index (χ0v) is 8.67. The molecule has 0 bridgehead atoms. The van der Waals surface area contributed by atoms with Gasteiger partial charge in [-0.2, -0.15) is 0 Å². The van der Waals surface area contributed by atoms with Crippen molar-refractivity contribution in [2.45, 2.75) is 12.8 Å². The number of nitrogens with zero attached hydrogens (tertiary/aromatic N) is 2. The minimum atomic E-state index is -0.803. The average Bonchev–Trinajstić information content (AvgIpc) is 2.72. The minimum absolute atomic E-state index is 0.123. The number of hydrogen-bond acceptors (Lipinski definition) is 3. The molecule has 2 aromatic heterocycles. The lowest BCUT2D eigenvalue weighted by Crippen LogP contribution is -2.03. The first-order chi connectivity index (χ1) is 7.77. The lowest BCUT2D eigenvalue weighted by atomic mass is 10.3. The Bertz CT molecular complexity index is 493. The van der Waals surface area contributed by atoms with E-state index in [2.05, 4.69) is 4.98 Å². The molecule has 0 atom stereocenters. The first kappa shape index (κ1) is 10.5. The molecule has 5 nitrogen and oxygen atoms in total. The Morgan fingerprint density at radius 2 is 2.38 bits per heavy atom. The van der Waals surface area contributed by atoms with Gasteiger partial charge >= 0.3 is 5.97 Å². The van der Waals surface area contributed by atoms with Gasteiger partial charge in [-0.1, -0.05) is 0 Å². The first-order valence-electron chi connectivity index (χ1n) is 5.03. The van der Waals surface area contributed by atoms with E-state index >= 15 is 0 Å². The molecule has 84 valence electrons. The van der Waals surface area contributed by atoms with E-state index in [0.717, 1.165) is 5.65 Å². The Labute approximate surface area is 92.3 Å². The number of pyridine rings is 1. The van der Waals surface area contributed by atoms with Gasteiger partial charge in [0.1, 0.15) is 0 Å². The van der Waals surface area contributed by atoms with E-state index < -0.39 is 5.97 Å². The normalized spacial score (nSPS) is 10.5. The SMILES string of the molecule is O=C(O)CCCOc1cccn2ccnc12. The third kappa shape index (κ3) is 2.31. The number of carboxylic acids is 1. The van der Waals surface area contributed by atoms with Crippen molar-refractivity contribution in [2.24, 2.45) is 0 Å².